The molecule has 1 atom stereocenters. The average Bonchev–Trinajstić information content (AvgIpc) is 3.23. The molecule has 3 saturated heterocycles. The summed E-state index contributed by atoms with van der Waals surface area (Å²) < 4.78 is 33.6. The number of methoxy groups -OCH3 is 1. The van der Waals surface area contributed by atoms with Crippen LogP contribution in [0.2, 0.25) is 4.34 Å². The van der Waals surface area contributed by atoms with Gasteiger partial charge in [0.2, 0.25) is 15.9 Å². The Bertz CT molecular complexity index is 944. The Morgan fingerprint density at radius 1 is 1.30 bits per heavy atom. The summed E-state index contributed by atoms with van der Waals surface area (Å²) in [6.07, 6.45) is 3.34. The van der Waals surface area contributed by atoms with E-state index in [0.29, 0.717) is 10.9 Å². The molecule has 1 aromatic heterocycles. The summed E-state index contributed by atoms with van der Waals surface area (Å²) in [4.78, 5) is 17.9. The number of rotatable bonds is 5. The lowest BCUT2D eigenvalue weighted by atomic mass is 9.87. The van der Waals surface area contributed by atoms with Crippen LogP contribution in [-0.2, 0) is 19.6 Å². The van der Waals surface area contributed by atoms with Gasteiger partial charge in [0.25, 0.3) is 0 Å². The molecule has 0 bridgehead atoms. The fourth-order valence-electron chi connectivity index (χ4n) is 4.93. The molecule has 1 aromatic rings. The fraction of sp³-hybridized carbons (Fsp3) is 0.632. The van der Waals surface area contributed by atoms with Crippen molar-refractivity contribution >= 4 is 44.9 Å². The van der Waals surface area contributed by atoms with E-state index in [1.165, 1.54) is 21.7 Å². The number of sulfonamides is 1. The Kier molecular flexibility index (Phi) is 6.04. The van der Waals surface area contributed by atoms with Crippen molar-refractivity contribution in [2.75, 3.05) is 53.5 Å². The van der Waals surface area contributed by atoms with Crippen LogP contribution in [0, 0.1) is 0 Å². The second-order valence-corrected chi connectivity index (χ2v) is 11.8. The van der Waals surface area contributed by atoms with Gasteiger partial charge in [0, 0.05) is 29.5 Å². The van der Waals surface area contributed by atoms with Gasteiger partial charge in [-0.3, -0.25) is 9.69 Å². The van der Waals surface area contributed by atoms with E-state index in [4.69, 9.17) is 16.3 Å². The molecule has 4 rings (SSSR count). The zero-order valence-corrected chi connectivity index (χ0v) is 19.5. The van der Waals surface area contributed by atoms with Crippen molar-refractivity contribution < 1.29 is 17.9 Å². The van der Waals surface area contributed by atoms with E-state index in [-0.39, 0.29) is 31.1 Å². The fourth-order valence-corrected chi connectivity index (χ4v) is 7.15. The van der Waals surface area contributed by atoms with Crippen LogP contribution in [0.3, 0.4) is 0 Å². The molecule has 3 aliphatic heterocycles. The number of hydrogen-bond acceptors (Lipinski definition) is 7. The van der Waals surface area contributed by atoms with Gasteiger partial charge in [-0.05, 0) is 51.2 Å². The number of nitrogens with zero attached hydrogens (tertiary/aromatic N) is 3. The predicted octanol–water partition coefficient (Wildman–Crippen LogP) is 1.26. The Hall–Kier alpha value is -1.01. The predicted molar refractivity (Wildman–Crippen MR) is 118 cm³/mol. The molecule has 8 nitrogen and oxygen atoms in total. The molecule has 1 spiro atoms. The lowest BCUT2D eigenvalue weighted by Gasteiger charge is -2.50. The second-order valence-electron chi connectivity index (χ2n) is 8.19. The summed E-state index contributed by atoms with van der Waals surface area (Å²) in [5, 5.41) is 4.54. The standard InChI is InChI=1S/C19H27ClN4O4S2/c1-22-18(6-8-21-9-7-18)12-24-17(25)11-23(13-19(22,24)14-28-2)30(26,27)10-5-15-3-4-16(20)29-15/h3-5,10,21H,6-9,11-14H2,1-2H3. The number of halogens is 1. The minimum Gasteiger partial charge on any atom is -0.381 e. The topological polar surface area (TPSA) is 82.2 Å². The zero-order chi connectivity index (χ0) is 21.6. The number of thiophene rings is 1. The molecule has 0 aromatic carbocycles. The number of likely N-dealkylation sites (N-methyl/N-ethyl adjacent to an activating group) is 1. The van der Waals surface area contributed by atoms with Crippen molar-refractivity contribution in [1.29, 1.82) is 0 Å². The molecule has 3 aliphatic rings. The van der Waals surface area contributed by atoms with Crippen LogP contribution < -0.4 is 5.32 Å². The lowest BCUT2D eigenvalue weighted by Crippen LogP contribution is -2.70. The molecule has 1 amide bonds. The van der Waals surface area contributed by atoms with Gasteiger partial charge in [-0.15, -0.1) is 11.3 Å². The number of fused-ring (bicyclic) bond motifs is 1. The summed E-state index contributed by atoms with van der Waals surface area (Å²) in [5.74, 6) is -0.184. The van der Waals surface area contributed by atoms with Crippen LogP contribution in [0.1, 0.15) is 17.7 Å². The molecule has 0 radical (unpaired) electrons. The van der Waals surface area contributed by atoms with Crippen molar-refractivity contribution in [3.05, 3.63) is 26.8 Å². The number of amides is 1. The van der Waals surface area contributed by atoms with Gasteiger partial charge in [0.05, 0.1) is 24.0 Å². The molecular formula is C19H27ClN4O4S2. The van der Waals surface area contributed by atoms with Crippen LogP contribution in [0.25, 0.3) is 6.08 Å². The summed E-state index contributed by atoms with van der Waals surface area (Å²) >= 11 is 7.23. The number of carbonyl (C=O) groups is 1. The molecule has 11 heteroatoms. The Morgan fingerprint density at radius 2 is 2.03 bits per heavy atom. The Morgan fingerprint density at radius 3 is 2.67 bits per heavy atom. The molecule has 3 fully saturated rings. The SMILES string of the molecule is COCC12CN(S(=O)(=O)C=Cc3ccc(Cl)s3)CC(=O)N1CC1(CCNCC1)N2C. The normalized spacial score (nSPS) is 28.0. The first-order valence-electron chi connectivity index (χ1n) is 9.90. The summed E-state index contributed by atoms with van der Waals surface area (Å²) in [5.41, 5.74) is -0.975. The maximum absolute atomic E-state index is 13.1. The number of hydrogen-bond donors (Lipinski definition) is 1. The van der Waals surface area contributed by atoms with Gasteiger partial charge in [-0.1, -0.05) is 11.6 Å². The molecule has 0 saturated carbocycles. The third-order valence-electron chi connectivity index (χ3n) is 6.60. The number of carbonyl (C=O) groups excluding carboxylic acids is 1. The lowest BCUT2D eigenvalue weighted by molar-refractivity contribution is -0.152. The van der Waals surface area contributed by atoms with Crippen LogP contribution >= 0.6 is 22.9 Å². The van der Waals surface area contributed by atoms with E-state index in [0.717, 1.165) is 36.2 Å². The molecule has 166 valence electrons. The summed E-state index contributed by atoms with van der Waals surface area (Å²) in [6.45, 7) is 2.63. The molecular weight excluding hydrogens is 448 g/mol. The van der Waals surface area contributed by atoms with Gasteiger partial charge >= 0.3 is 0 Å². The van der Waals surface area contributed by atoms with Crippen molar-refractivity contribution in [2.24, 2.45) is 0 Å². The van der Waals surface area contributed by atoms with Gasteiger partial charge in [0.1, 0.15) is 5.66 Å². The number of nitrogens with one attached hydrogen (secondary N) is 1. The highest BCUT2D eigenvalue weighted by atomic mass is 35.5. The maximum atomic E-state index is 13.1. The highest BCUT2D eigenvalue weighted by molar-refractivity contribution is 7.92. The monoisotopic (exact) mass is 474 g/mol. The van der Waals surface area contributed by atoms with Gasteiger partial charge in [0.15, 0.2) is 0 Å². The molecule has 0 aliphatic carbocycles. The van der Waals surface area contributed by atoms with E-state index in [1.54, 1.807) is 19.2 Å². The van der Waals surface area contributed by atoms with Gasteiger partial charge in [-0.2, -0.15) is 4.31 Å². The van der Waals surface area contributed by atoms with E-state index in [1.807, 2.05) is 11.9 Å². The average molecular weight is 475 g/mol. The van der Waals surface area contributed by atoms with Gasteiger partial charge in [-0.25, -0.2) is 8.42 Å². The van der Waals surface area contributed by atoms with Crippen molar-refractivity contribution in [1.82, 2.24) is 19.4 Å². The van der Waals surface area contributed by atoms with Crippen LogP contribution in [0.15, 0.2) is 17.5 Å². The largest absolute Gasteiger partial charge is 0.381 e. The quantitative estimate of drug-likeness (QED) is 0.691. The van der Waals surface area contributed by atoms with Crippen LogP contribution in [0.4, 0.5) is 0 Å². The highest BCUT2D eigenvalue weighted by Crippen LogP contribution is 2.44. The smallest absolute Gasteiger partial charge is 0.239 e. The Balaban J connectivity index is 1.64. The summed E-state index contributed by atoms with van der Waals surface area (Å²) in [7, 11) is -0.205. The van der Waals surface area contributed by atoms with E-state index in [9.17, 15) is 13.2 Å². The van der Waals surface area contributed by atoms with Crippen molar-refractivity contribution in [3.63, 3.8) is 0 Å². The minimum atomic E-state index is -3.79. The van der Waals surface area contributed by atoms with E-state index in [2.05, 4.69) is 10.2 Å². The first kappa shape index (κ1) is 22.2. The number of ether oxygens (including phenoxy) is 1. The summed E-state index contributed by atoms with van der Waals surface area (Å²) in [6, 6.07) is 3.49. The molecule has 1 N–H and O–H groups in total. The first-order valence-corrected chi connectivity index (χ1v) is 12.6. The molecule has 4 heterocycles. The van der Waals surface area contributed by atoms with Crippen molar-refractivity contribution in [2.45, 2.75) is 24.0 Å². The molecule has 30 heavy (non-hydrogen) atoms. The van der Waals surface area contributed by atoms with E-state index < -0.39 is 15.7 Å². The number of piperidine rings is 1. The Labute approximate surface area is 186 Å². The minimum absolute atomic E-state index is 0.161. The first-order chi connectivity index (χ1) is 14.2. The van der Waals surface area contributed by atoms with Crippen LogP contribution in [0.5, 0.6) is 0 Å². The highest BCUT2D eigenvalue weighted by Gasteiger charge is 2.62. The third-order valence-corrected chi connectivity index (χ3v) is 9.26. The molecule has 1 unspecified atom stereocenters. The number of piperazine rings is 1. The maximum Gasteiger partial charge on any atom is 0.239 e. The van der Waals surface area contributed by atoms with Crippen LogP contribution in [-0.4, -0.2) is 93.1 Å². The van der Waals surface area contributed by atoms with E-state index >= 15 is 0 Å². The second kappa shape index (κ2) is 8.16. The zero-order valence-electron chi connectivity index (χ0n) is 17.1. The van der Waals surface area contributed by atoms with Gasteiger partial charge < -0.3 is 15.0 Å². The third kappa shape index (κ3) is 3.72. The van der Waals surface area contributed by atoms with Crippen molar-refractivity contribution in [3.8, 4) is 0 Å².